The average molecular weight is 454 g/mol. The third kappa shape index (κ3) is 6.20. The summed E-state index contributed by atoms with van der Waals surface area (Å²) in [6.45, 7) is 6.16. The number of nitrogens with zero attached hydrogens (tertiary/aromatic N) is 1. The van der Waals surface area contributed by atoms with Crippen LogP contribution < -0.4 is 5.32 Å². The smallest absolute Gasteiger partial charge is 0.339 e. The normalized spacial score (nSPS) is 20.0. The van der Waals surface area contributed by atoms with Gasteiger partial charge in [0.1, 0.15) is 12.5 Å². The van der Waals surface area contributed by atoms with E-state index in [0.29, 0.717) is 35.4 Å². The summed E-state index contributed by atoms with van der Waals surface area (Å²) in [4.78, 5) is 38.0. The number of nitrogens with one attached hydrogen (secondary N) is 1. The lowest BCUT2D eigenvalue weighted by atomic mass is 9.94. The zero-order valence-electron chi connectivity index (χ0n) is 19.6. The van der Waals surface area contributed by atoms with Crippen LogP contribution >= 0.6 is 0 Å². The highest BCUT2D eigenvalue weighted by atomic mass is 16.5. The number of methoxy groups -OCH3 is 1. The van der Waals surface area contributed by atoms with Gasteiger partial charge in [-0.25, -0.2) is 4.79 Å². The molecule has 1 saturated heterocycles. The van der Waals surface area contributed by atoms with E-state index in [4.69, 9.17) is 9.47 Å². The molecule has 7 nitrogen and oxygen atoms in total. The molecule has 7 heteroatoms. The quantitative estimate of drug-likeness (QED) is 0.487. The van der Waals surface area contributed by atoms with E-state index in [0.717, 1.165) is 30.5 Å². The molecular formula is C26H33N2O5+. The minimum absolute atomic E-state index is 0.194. The van der Waals surface area contributed by atoms with E-state index in [-0.39, 0.29) is 24.3 Å². The Balaban J connectivity index is 1.86. The predicted octanol–water partition coefficient (Wildman–Crippen LogP) is 3.71. The van der Waals surface area contributed by atoms with Crippen molar-refractivity contribution < 1.29 is 28.3 Å². The Bertz CT molecular complexity index is 991. The van der Waals surface area contributed by atoms with Crippen LogP contribution in [0.3, 0.4) is 0 Å². The van der Waals surface area contributed by atoms with Gasteiger partial charge in [-0.15, -0.1) is 0 Å². The summed E-state index contributed by atoms with van der Waals surface area (Å²) in [5.74, 6) is -1.13. The number of likely N-dealkylation sites (tertiary alicyclic amines) is 1. The lowest BCUT2D eigenvalue weighted by Gasteiger charge is -2.43. The van der Waals surface area contributed by atoms with Crippen molar-refractivity contribution in [1.82, 2.24) is 0 Å². The minimum Gasteiger partial charge on any atom is -0.466 e. The number of piperidine rings is 1. The van der Waals surface area contributed by atoms with E-state index in [1.54, 1.807) is 19.1 Å². The first-order chi connectivity index (χ1) is 15.9. The first-order valence-electron chi connectivity index (χ1n) is 11.4. The molecule has 176 valence electrons. The second-order valence-corrected chi connectivity index (χ2v) is 8.68. The fourth-order valence-electron chi connectivity index (χ4n) is 4.69. The van der Waals surface area contributed by atoms with Gasteiger partial charge < -0.3 is 19.3 Å². The van der Waals surface area contributed by atoms with Crippen LogP contribution in [0.5, 0.6) is 0 Å². The van der Waals surface area contributed by atoms with Crippen molar-refractivity contribution in [3.8, 4) is 0 Å². The zero-order valence-corrected chi connectivity index (χ0v) is 19.6. The largest absolute Gasteiger partial charge is 0.466 e. The summed E-state index contributed by atoms with van der Waals surface area (Å²) in [5, 5.41) is 2.95. The highest BCUT2D eigenvalue weighted by Crippen LogP contribution is 2.28. The molecule has 0 bridgehead atoms. The molecule has 1 N–H and O–H groups in total. The number of carbonyl (C=O) groups excluding carboxylic acids is 3. The summed E-state index contributed by atoms with van der Waals surface area (Å²) < 4.78 is 10.6. The van der Waals surface area contributed by atoms with E-state index < -0.39 is 5.97 Å². The molecule has 2 unspecified atom stereocenters. The Hall–Kier alpha value is -3.19. The first-order valence-corrected chi connectivity index (χ1v) is 11.4. The molecule has 0 spiro atoms. The van der Waals surface area contributed by atoms with Crippen molar-refractivity contribution in [3.05, 3.63) is 65.2 Å². The minimum atomic E-state index is -0.498. The summed E-state index contributed by atoms with van der Waals surface area (Å²) in [6, 6.07) is 15.3. The number of ether oxygens (including phenoxy) is 2. The fourth-order valence-corrected chi connectivity index (χ4v) is 4.69. The number of carbonyl (C=O) groups is 3. The maximum Gasteiger partial charge on any atom is 0.339 e. The standard InChI is InChI=1S/C26H32N2O5/c1-4-33-25(30)21-13-9-15-28(17-21,16-20-11-6-5-7-12-20)18-23(29)27-24-19(2)10-8-14-22(24)26(31)32-3/h5-8,10-12,14,21H,4,9,13,15-18H2,1-3H3/p+1. The summed E-state index contributed by atoms with van der Waals surface area (Å²) in [5.41, 5.74) is 2.68. The number of hydrogen-bond acceptors (Lipinski definition) is 5. The summed E-state index contributed by atoms with van der Waals surface area (Å²) in [6.07, 6.45) is 1.60. The van der Waals surface area contributed by atoms with Gasteiger partial charge in [0.25, 0.3) is 5.91 Å². The van der Waals surface area contributed by atoms with Crippen LogP contribution in [0.4, 0.5) is 5.69 Å². The van der Waals surface area contributed by atoms with Gasteiger partial charge in [-0.1, -0.05) is 42.5 Å². The molecule has 2 aromatic rings. The number of benzene rings is 2. The van der Waals surface area contributed by atoms with Crippen LogP contribution in [0, 0.1) is 12.8 Å². The molecule has 1 heterocycles. The Kier molecular flexibility index (Phi) is 8.22. The van der Waals surface area contributed by atoms with Crippen molar-refractivity contribution in [1.29, 1.82) is 0 Å². The van der Waals surface area contributed by atoms with Crippen LogP contribution in [0.1, 0.15) is 41.3 Å². The molecule has 0 radical (unpaired) electrons. The maximum absolute atomic E-state index is 13.3. The van der Waals surface area contributed by atoms with Gasteiger partial charge in [0, 0.05) is 5.56 Å². The fraction of sp³-hybridized carbons (Fsp3) is 0.423. The van der Waals surface area contributed by atoms with Gasteiger partial charge in [0.2, 0.25) is 0 Å². The van der Waals surface area contributed by atoms with E-state index in [2.05, 4.69) is 5.32 Å². The molecule has 0 aliphatic carbocycles. The highest BCUT2D eigenvalue weighted by molar-refractivity contribution is 6.02. The van der Waals surface area contributed by atoms with Crippen molar-refractivity contribution in [2.75, 3.05) is 38.7 Å². The van der Waals surface area contributed by atoms with E-state index in [9.17, 15) is 14.4 Å². The Morgan fingerprint density at radius 3 is 2.55 bits per heavy atom. The predicted molar refractivity (Wildman–Crippen MR) is 126 cm³/mol. The lowest BCUT2D eigenvalue weighted by molar-refractivity contribution is -0.940. The van der Waals surface area contributed by atoms with Crippen LogP contribution in [-0.4, -0.2) is 55.7 Å². The topological polar surface area (TPSA) is 81.7 Å². The van der Waals surface area contributed by atoms with Gasteiger partial charge in [-0.05, 0) is 38.3 Å². The van der Waals surface area contributed by atoms with E-state index in [1.807, 2.05) is 43.3 Å². The van der Waals surface area contributed by atoms with Crippen molar-refractivity contribution in [3.63, 3.8) is 0 Å². The number of hydrogen-bond donors (Lipinski definition) is 1. The van der Waals surface area contributed by atoms with Crippen molar-refractivity contribution >= 4 is 23.5 Å². The monoisotopic (exact) mass is 453 g/mol. The average Bonchev–Trinajstić information content (AvgIpc) is 2.80. The van der Waals surface area contributed by atoms with Crippen LogP contribution in [0.2, 0.25) is 0 Å². The molecule has 2 atom stereocenters. The van der Waals surface area contributed by atoms with Crippen LogP contribution in [0.15, 0.2) is 48.5 Å². The Morgan fingerprint density at radius 1 is 1.09 bits per heavy atom. The second kappa shape index (κ2) is 11.1. The molecule has 33 heavy (non-hydrogen) atoms. The SMILES string of the molecule is CCOC(=O)C1CCC[N+](CC(=O)Nc2c(C)cccc2C(=O)OC)(Cc2ccccc2)C1. The molecular weight excluding hydrogens is 420 g/mol. The number of para-hydroxylation sites is 1. The number of amides is 1. The summed E-state index contributed by atoms with van der Waals surface area (Å²) in [7, 11) is 1.32. The van der Waals surface area contributed by atoms with Gasteiger partial charge in [-0.3, -0.25) is 9.59 Å². The molecule has 1 aliphatic heterocycles. The molecule has 1 fully saturated rings. The number of anilines is 1. The first kappa shape index (κ1) is 24.5. The van der Waals surface area contributed by atoms with Gasteiger partial charge in [0.05, 0.1) is 38.1 Å². The molecule has 2 aromatic carbocycles. The molecule has 3 rings (SSSR count). The lowest BCUT2D eigenvalue weighted by Crippen LogP contribution is -2.58. The van der Waals surface area contributed by atoms with Crippen molar-refractivity contribution in [2.45, 2.75) is 33.2 Å². The van der Waals surface area contributed by atoms with Gasteiger partial charge in [-0.2, -0.15) is 0 Å². The van der Waals surface area contributed by atoms with Gasteiger partial charge in [0.15, 0.2) is 6.54 Å². The molecule has 1 aliphatic rings. The number of quaternary nitrogens is 1. The number of esters is 2. The Labute approximate surface area is 195 Å². The second-order valence-electron chi connectivity index (χ2n) is 8.68. The molecule has 0 aromatic heterocycles. The highest BCUT2D eigenvalue weighted by Gasteiger charge is 2.40. The third-order valence-electron chi connectivity index (χ3n) is 6.20. The Morgan fingerprint density at radius 2 is 1.85 bits per heavy atom. The van der Waals surface area contributed by atoms with Gasteiger partial charge >= 0.3 is 11.9 Å². The molecule has 1 amide bonds. The van der Waals surface area contributed by atoms with E-state index in [1.165, 1.54) is 7.11 Å². The van der Waals surface area contributed by atoms with E-state index >= 15 is 0 Å². The van der Waals surface area contributed by atoms with Crippen molar-refractivity contribution in [2.24, 2.45) is 5.92 Å². The number of aryl methyl sites for hydroxylation is 1. The zero-order chi connectivity index (χ0) is 23.8. The summed E-state index contributed by atoms with van der Waals surface area (Å²) >= 11 is 0. The van der Waals surface area contributed by atoms with Crippen LogP contribution in [0.25, 0.3) is 0 Å². The van der Waals surface area contributed by atoms with Crippen LogP contribution in [-0.2, 0) is 25.6 Å². The third-order valence-corrected chi connectivity index (χ3v) is 6.20. The number of rotatable bonds is 8. The maximum atomic E-state index is 13.3. The molecule has 0 saturated carbocycles.